The summed E-state index contributed by atoms with van der Waals surface area (Å²) in [6.45, 7) is 1.47. The van der Waals surface area contributed by atoms with Gasteiger partial charge in [-0.15, -0.1) is 0 Å². The number of fused-ring (bicyclic) bond motifs is 3. The lowest BCUT2D eigenvalue weighted by atomic mass is 10.1. The number of aromatic nitrogens is 2. The van der Waals surface area contributed by atoms with Gasteiger partial charge in [0, 0.05) is 25.3 Å². The fourth-order valence-electron chi connectivity index (χ4n) is 3.16. The molecule has 0 radical (unpaired) electrons. The first-order chi connectivity index (χ1) is 12.1. The number of hydrogen-bond donors (Lipinski definition) is 2. The van der Waals surface area contributed by atoms with Gasteiger partial charge in [-0.1, -0.05) is 30.3 Å². The molecule has 2 N–H and O–H groups in total. The van der Waals surface area contributed by atoms with E-state index in [1.54, 1.807) is 12.1 Å². The van der Waals surface area contributed by atoms with E-state index in [1.807, 2.05) is 36.4 Å². The Hall–Kier alpha value is -3.21. The minimum Gasteiger partial charge on any atom is -0.508 e. The summed E-state index contributed by atoms with van der Waals surface area (Å²) in [6.07, 6.45) is 1.19. The maximum Gasteiger partial charge on any atom is 0.222 e. The van der Waals surface area contributed by atoms with Crippen LogP contribution in [-0.4, -0.2) is 21.0 Å². The fraction of sp³-hybridized carbons (Fsp3) is 0.150. The Morgan fingerprint density at radius 2 is 1.96 bits per heavy atom. The Bertz CT molecular complexity index is 968. The van der Waals surface area contributed by atoms with Gasteiger partial charge in [-0.05, 0) is 29.3 Å². The molecule has 0 spiro atoms. The van der Waals surface area contributed by atoms with Crippen molar-refractivity contribution >= 4 is 11.7 Å². The Labute approximate surface area is 145 Å². The molecule has 0 saturated heterocycles. The molecule has 124 valence electrons. The summed E-state index contributed by atoms with van der Waals surface area (Å²) in [4.78, 5) is 21.0. The molecule has 1 heterocycles. The van der Waals surface area contributed by atoms with E-state index in [9.17, 15) is 9.90 Å². The zero-order valence-electron chi connectivity index (χ0n) is 13.8. The Kier molecular flexibility index (Phi) is 3.69. The van der Waals surface area contributed by atoms with Crippen LogP contribution in [0.4, 0.5) is 5.82 Å². The van der Waals surface area contributed by atoms with Crippen LogP contribution >= 0.6 is 0 Å². The molecule has 1 aromatic heterocycles. The highest BCUT2D eigenvalue weighted by atomic mass is 16.3. The van der Waals surface area contributed by atoms with Crippen LogP contribution in [0.5, 0.6) is 5.75 Å². The summed E-state index contributed by atoms with van der Waals surface area (Å²) in [5.41, 5.74) is 5.48. The average Bonchev–Trinajstić information content (AvgIpc) is 2.92. The predicted octanol–water partition coefficient (Wildman–Crippen LogP) is 3.30. The fourth-order valence-corrected chi connectivity index (χ4v) is 3.16. The first-order valence-electron chi connectivity index (χ1n) is 8.14. The highest BCUT2D eigenvalue weighted by molar-refractivity contribution is 5.88. The normalized spacial score (nSPS) is 11.7. The maximum absolute atomic E-state index is 11.6. The quantitative estimate of drug-likeness (QED) is 0.604. The van der Waals surface area contributed by atoms with Gasteiger partial charge in [0.2, 0.25) is 5.91 Å². The summed E-state index contributed by atoms with van der Waals surface area (Å²) < 4.78 is 0. The van der Waals surface area contributed by atoms with E-state index in [4.69, 9.17) is 4.98 Å². The number of rotatable bonds is 3. The molecule has 0 saturated carbocycles. The lowest BCUT2D eigenvalue weighted by Gasteiger charge is -2.11. The molecule has 5 nitrogen and oxygen atoms in total. The summed E-state index contributed by atoms with van der Waals surface area (Å²) >= 11 is 0. The van der Waals surface area contributed by atoms with Crippen molar-refractivity contribution in [3.8, 4) is 17.0 Å². The summed E-state index contributed by atoms with van der Waals surface area (Å²) in [5.74, 6) is 0.571. The minimum atomic E-state index is -0.170. The highest BCUT2D eigenvalue weighted by Gasteiger charge is 2.24. The van der Waals surface area contributed by atoms with Gasteiger partial charge in [-0.25, -0.2) is 9.97 Å². The van der Waals surface area contributed by atoms with Crippen molar-refractivity contribution in [3.05, 3.63) is 71.0 Å². The number of phenolic OH excluding ortho intramolecular Hbond substituents is 1. The number of carbonyl (C=O) groups is 1. The number of aromatic hydroxyl groups is 1. The van der Waals surface area contributed by atoms with Gasteiger partial charge in [-0.2, -0.15) is 0 Å². The van der Waals surface area contributed by atoms with Crippen molar-refractivity contribution in [2.24, 2.45) is 0 Å². The first-order valence-corrected chi connectivity index (χ1v) is 8.14. The van der Waals surface area contributed by atoms with Crippen LogP contribution in [0.15, 0.2) is 48.5 Å². The maximum atomic E-state index is 11.6. The second kappa shape index (κ2) is 6.02. The summed E-state index contributed by atoms with van der Waals surface area (Å²) in [6, 6.07) is 15.3. The number of amides is 1. The molecule has 5 heteroatoms. The number of carbonyl (C=O) groups excluding carboxylic acids is 1. The molecule has 1 aliphatic carbocycles. The second-order valence-corrected chi connectivity index (χ2v) is 6.18. The van der Waals surface area contributed by atoms with Crippen molar-refractivity contribution in [1.29, 1.82) is 0 Å². The third-order valence-corrected chi connectivity index (χ3v) is 4.25. The van der Waals surface area contributed by atoms with Crippen molar-refractivity contribution in [2.75, 3.05) is 5.32 Å². The van der Waals surface area contributed by atoms with E-state index in [-0.39, 0.29) is 11.7 Å². The largest absolute Gasteiger partial charge is 0.508 e. The van der Waals surface area contributed by atoms with Gasteiger partial charge >= 0.3 is 0 Å². The van der Waals surface area contributed by atoms with E-state index in [1.165, 1.54) is 6.92 Å². The minimum absolute atomic E-state index is 0.170. The van der Waals surface area contributed by atoms with Crippen LogP contribution in [0, 0.1) is 0 Å². The molecule has 0 atom stereocenters. The molecule has 0 fully saturated rings. The number of phenols is 1. The predicted molar refractivity (Wildman–Crippen MR) is 95.5 cm³/mol. The molecule has 2 aromatic carbocycles. The standard InChI is InChI=1S/C20H17N3O2/c1-12(24)21-20-18(9-13-5-3-2-4-6-13)22-19-16-8-7-15(25)10-14(16)11-17(19)23-20/h2-8,10,25H,9,11H2,1H3,(H,21,23,24). The lowest BCUT2D eigenvalue weighted by molar-refractivity contribution is -0.114. The van der Waals surface area contributed by atoms with Crippen LogP contribution in [0.25, 0.3) is 11.3 Å². The van der Waals surface area contributed by atoms with E-state index in [2.05, 4.69) is 10.3 Å². The van der Waals surface area contributed by atoms with Crippen molar-refractivity contribution in [3.63, 3.8) is 0 Å². The van der Waals surface area contributed by atoms with Crippen molar-refractivity contribution < 1.29 is 9.90 Å². The van der Waals surface area contributed by atoms with Gasteiger partial charge in [0.05, 0.1) is 17.1 Å². The number of nitrogens with one attached hydrogen (secondary N) is 1. The Morgan fingerprint density at radius 3 is 2.72 bits per heavy atom. The molecule has 1 aliphatic rings. The van der Waals surface area contributed by atoms with Gasteiger partial charge in [0.1, 0.15) is 5.75 Å². The number of nitrogens with zero attached hydrogens (tertiary/aromatic N) is 2. The smallest absolute Gasteiger partial charge is 0.222 e. The molecule has 0 bridgehead atoms. The average molecular weight is 331 g/mol. The highest BCUT2D eigenvalue weighted by Crippen LogP contribution is 2.37. The van der Waals surface area contributed by atoms with E-state index in [0.717, 1.165) is 33.8 Å². The topological polar surface area (TPSA) is 75.1 Å². The molecule has 25 heavy (non-hydrogen) atoms. The van der Waals surface area contributed by atoms with Crippen LogP contribution in [-0.2, 0) is 17.6 Å². The van der Waals surface area contributed by atoms with Crippen molar-refractivity contribution in [1.82, 2.24) is 9.97 Å². The Morgan fingerprint density at radius 1 is 1.16 bits per heavy atom. The molecule has 3 aromatic rings. The third-order valence-electron chi connectivity index (χ3n) is 4.25. The first kappa shape index (κ1) is 15.3. The summed E-state index contributed by atoms with van der Waals surface area (Å²) in [5, 5.41) is 12.5. The summed E-state index contributed by atoms with van der Waals surface area (Å²) in [7, 11) is 0. The molecule has 0 unspecified atom stereocenters. The zero-order valence-corrected chi connectivity index (χ0v) is 13.8. The van der Waals surface area contributed by atoms with Crippen LogP contribution in [0.3, 0.4) is 0 Å². The molecule has 0 aliphatic heterocycles. The van der Waals surface area contributed by atoms with Crippen LogP contribution < -0.4 is 5.32 Å². The molecular formula is C20H17N3O2. The van der Waals surface area contributed by atoms with Gasteiger partial charge in [-0.3, -0.25) is 4.79 Å². The molecular weight excluding hydrogens is 314 g/mol. The number of anilines is 1. The van der Waals surface area contributed by atoms with Gasteiger partial charge in [0.25, 0.3) is 0 Å². The SMILES string of the molecule is CC(=O)Nc1nc2c(nc1Cc1ccccc1)-c1ccc(O)cc1C2. The molecule has 4 rings (SSSR count). The lowest BCUT2D eigenvalue weighted by Crippen LogP contribution is -2.13. The van der Waals surface area contributed by atoms with Gasteiger partial charge in [0.15, 0.2) is 5.82 Å². The Balaban J connectivity index is 1.81. The third kappa shape index (κ3) is 2.96. The van der Waals surface area contributed by atoms with E-state index < -0.39 is 0 Å². The van der Waals surface area contributed by atoms with E-state index in [0.29, 0.717) is 18.7 Å². The van der Waals surface area contributed by atoms with Gasteiger partial charge < -0.3 is 10.4 Å². The van der Waals surface area contributed by atoms with E-state index >= 15 is 0 Å². The number of hydrogen-bond acceptors (Lipinski definition) is 4. The number of benzene rings is 2. The second-order valence-electron chi connectivity index (χ2n) is 6.18. The van der Waals surface area contributed by atoms with Crippen LogP contribution in [0.2, 0.25) is 0 Å². The molecule has 1 amide bonds. The zero-order chi connectivity index (χ0) is 17.4. The van der Waals surface area contributed by atoms with Crippen LogP contribution in [0.1, 0.15) is 29.4 Å². The monoisotopic (exact) mass is 331 g/mol. The van der Waals surface area contributed by atoms with Crippen molar-refractivity contribution in [2.45, 2.75) is 19.8 Å².